The topological polar surface area (TPSA) is 8.17 Å². The first-order valence-corrected chi connectivity index (χ1v) is 20.2. The van der Waals surface area contributed by atoms with E-state index in [4.69, 9.17) is 0 Å². The van der Waals surface area contributed by atoms with Crippen LogP contribution in [0.25, 0.3) is 71.6 Å². The molecule has 0 aliphatic heterocycles. The van der Waals surface area contributed by atoms with Gasteiger partial charge in [-0.25, -0.2) is 0 Å². The number of aromatic nitrogens is 1. The molecule has 1 aromatic heterocycles. The Bertz CT molecular complexity index is 3070. The minimum Gasteiger partial charge on any atom is -0.309 e. The van der Waals surface area contributed by atoms with E-state index in [2.05, 4.69) is 243 Å². The quantitative estimate of drug-likeness (QED) is 0.158. The second-order valence-electron chi connectivity index (χ2n) is 16.2. The molecule has 0 bridgehead atoms. The molecule has 0 saturated heterocycles. The van der Waals surface area contributed by atoms with Crippen molar-refractivity contribution >= 4 is 49.6 Å². The van der Waals surface area contributed by atoms with Gasteiger partial charge < -0.3 is 9.47 Å². The zero-order valence-corrected chi connectivity index (χ0v) is 33.1. The summed E-state index contributed by atoms with van der Waals surface area (Å²) in [5.41, 5.74) is 15.4. The summed E-state index contributed by atoms with van der Waals surface area (Å²) in [7, 11) is 0. The summed E-state index contributed by atoms with van der Waals surface area (Å²) < 4.78 is 2.38. The summed E-state index contributed by atoms with van der Waals surface area (Å²) in [4.78, 5) is 2.47. The van der Waals surface area contributed by atoms with Crippen LogP contribution in [0.2, 0.25) is 0 Å². The Kier molecular flexibility index (Phi) is 8.76. The van der Waals surface area contributed by atoms with Crippen molar-refractivity contribution in [1.82, 2.24) is 4.57 Å². The molecule has 0 spiro atoms. The van der Waals surface area contributed by atoms with Crippen molar-refractivity contribution < 1.29 is 0 Å². The van der Waals surface area contributed by atoms with Gasteiger partial charge in [0.15, 0.2) is 0 Å². The molecule has 278 valence electrons. The van der Waals surface area contributed by atoms with E-state index >= 15 is 0 Å². The second-order valence-corrected chi connectivity index (χ2v) is 16.2. The number of hydrogen-bond acceptors (Lipinski definition) is 1. The largest absolute Gasteiger partial charge is 0.309 e. The maximum atomic E-state index is 2.47. The highest BCUT2D eigenvalue weighted by molar-refractivity contribution is 6.12. The molecule has 0 fully saturated rings. The first kappa shape index (κ1) is 35.3. The predicted octanol–water partition coefficient (Wildman–Crippen LogP) is 15.7. The maximum absolute atomic E-state index is 2.47. The third-order valence-electron chi connectivity index (χ3n) is 11.6. The van der Waals surface area contributed by atoms with Gasteiger partial charge in [-0.05, 0) is 98.6 Å². The Morgan fingerprint density at radius 3 is 1.69 bits per heavy atom. The molecular weight excluding hydrogens is 701 g/mol. The molecule has 2 heteroatoms. The highest BCUT2D eigenvalue weighted by Crippen LogP contribution is 2.48. The third-order valence-corrected chi connectivity index (χ3v) is 11.6. The Hall–Kier alpha value is -7.16. The zero-order chi connectivity index (χ0) is 39.2. The average Bonchev–Trinajstić information content (AvgIpc) is 3.61. The first-order chi connectivity index (χ1) is 28.4. The van der Waals surface area contributed by atoms with Crippen molar-refractivity contribution in [3.63, 3.8) is 0 Å². The molecule has 2 nitrogen and oxygen atoms in total. The highest BCUT2D eigenvalue weighted by Gasteiger charge is 2.23. The molecular formula is C56H44N2. The van der Waals surface area contributed by atoms with E-state index in [1.165, 1.54) is 71.5 Å². The smallest absolute Gasteiger partial charge is 0.0541 e. The Labute approximate surface area is 340 Å². The number of rotatable bonds is 7. The van der Waals surface area contributed by atoms with Crippen molar-refractivity contribution in [2.75, 3.05) is 4.90 Å². The number of fused-ring (bicyclic) bond motifs is 4. The lowest BCUT2D eigenvalue weighted by Crippen LogP contribution is -2.14. The molecule has 0 N–H and O–H groups in total. The lowest BCUT2D eigenvalue weighted by atomic mass is 9.87. The molecule has 10 aromatic rings. The Morgan fingerprint density at radius 2 is 0.966 bits per heavy atom. The fourth-order valence-corrected chi connectivity index (χ4v) is 8.75. The van der Waals surface area contributed by atoms with E-state index in [9.17, 15) is 0 Å². The average molecular weight is 745 g/mol. The summed E-state index contributed by atoms with van der Waals surface area (Å²) in [5.74, 6) is 0. The maximum Gasteiger partial charge on any atom is 0.0541 e. The predicted molar refractivity (Wildman–Crippen MR) is 248 cm³/mol. The monoisotopic (exact) mass is 744 g/mol. The highest BCUT2D eigenvalue weighted by atomic mass is 15.1. The van der Waals surface area contributed by atoms with Crippen LogP contribution in [0.4, 0.5) is 17.1 Å². The van der Waals surface area contributed by atoms with Gasteiger partial charge in [-0.1, -0.05) is 178 Å². The molecule has 0 aliphatic rings. The number of nitrogens with zero attached hydrogens (tertiary/aromatic N) is 2. The Morgan fingerprint density at radius 1 is 0.397 bits per heavy atom. The van der Waals surface area contributed by atoms with E-state index in [1.54, 1.807) is 0 Å². The van der Waals surface area contributed by atoms with Gasteiger partial charge >= 0.3 is 0 Å². The van der Waals surface area contributed by atoms with Crippen LogP contribution in [-0.2, 0) is 5.41 Å². The standard InChI is InChI=1S/C56H44N2/c1-56(2,3)42-33-35-44(36-34-42)58(52-30-14-11-25-47(52)49-28-17-21-40-20-16-27-46(55(40)49)39-18-6-4-7-19-39)51-29-13-10-24-45(51)41-32-37-54-50(38-41)48-26-12-15-31-53(48)57(54)43-22-8-5-9-23-43/h4-38H,1-3H3. The van der Waals surface area contributed by atoms with Gasteiger partial charge in [0.2, 0.25) is 0 Å². The molecule has 0 radical (unpaired) electrons. The lowest BCUT2D eigenvalue weighted by molar-refractivity contribution is 0.590. The van der Waals surface area contributed by atoms with Gasteiger partial charge in [-0.3, -0.25) is 0 Å². The Balaban J connectivity index is 1.21. The first-order valence-electron chi connectivity index (χ1n) is 20.2. The van der Waals surface area contributed by atoms with Crippen molar-refractivity contribution in [2.24, 2.45) is 0 Å². The van der Waals surface area contributed by atoms with Gasteiger partial charge in [0.1, 0.15) is 0 Å². The summed E-state index contributed by atoms with van der Waals surface area (Å²) in [6.07, 6.45) is 0. The van der Waals surface area contributed by atoms with E-state index < -0.39 is 0 Å². The van der Waals surface area contributed by atoms with E-state index in [1.807, 2.05) is 0 Å². The number of benzene rings is 9. The van der Waals surface area contributed by atoms with Gasteiger partial charge in [0.25, 0.3) is 0 Å². The minimum absolute atomic E-state index is 0.0321. The van der Waals surface area contributed by atoms with Crippen LogP contribution in [0, 0.1) is 0 Å². The fraction of sp³-hybridized carbons (Fsp3) is 0.0714. The van der Waals surface area contributed by atoms with Crippen molar-refractivity contribution in [3.05, 3.63) is 218 Å². The minimum atomic E-state index is 0.0321. The van der Waals surface area contributed by atoms with Crippen LogP contribution >= 0.6 is 0 Å². The van der Waals surface area contributed by atoms with E-state index in [0.29, 0.717) is 0 Å². The molecule has 10 rings (SSSR count). The summed E-state index contributed by atoms with van der Waals surface area (Å²) in [6.45, 7) is 6.83. The van der Waals surface area contributed by atoms with Crippen molar-refractivity contribution in [1.29, 1.82) is 0 Å². The molecule has 9 aromatic carbocycles. The number of anilines is 3. The molecule has 0 amide bonds. The third kappa shape index (κ3) is 6.15. The second kappa shape index (κ2) is 14.4. The van der Waals surface area contributed by atoms with E-state index in [-0.39, 0.29) is 5.41 Å². The molecule has 0 saturated carbocycles. The number of hydrogen-bond donors (Lipinski definition) is 0. The van der Waals surface area contributed by atoms with Gasteiger partial charge in [0, 0.05) is 33.3 Å². The van der Waals surface area contributed by atoms with Crippen molar-refractivity contribution in [2.45, 2.75) is 26.2 Å². The lowest BCUT2D eigenvalue weighted by Gasteiger charge is -2.31. The molecule has 0 atom stereocenters. The number of para-hydroxylation sites is 4. The normalized spacial score (nSPS) is 11.7. The summed E-state index contributed by atoms with van der Waals surface area (Å²) in [6, 6.07) is 77.6. The van der Waals surface area contributed by atoms with Crippen LogP contribution in [0.5, 0.6) is 0 Å². The van der Waals surface area contributed by atoms with Gasteiger partial charge in [-0.2, -0.15) is 0 Å². The SMILES string of the molecule is CC(C)(C)c1ccc(N(c2ccccc2-c2ccc3c(c2)c2ccccc2n3-c2ccccc2)c2ccccc2-c2cccc3cccc(-c4ccccc4)c23)cc1. The van der Waals surface area contributed by atoms with Crippen LogP contribution in [-0.4, -0.2) is 4.57 Å². The molecule has 58 heavy (non-hydrogen) atoms. The van der Waals surface area contributed by atoms with Crippen molar-refractivity contribution in [3.8, 4) is 39.1 Å². The van der Waals surface area contributed by atoms with Gasteiger partial charge in [-0.15, -0.1) is 0 Å². The van der Waals surface area contributed by atoms with Crippen LogP contribution in [0.15, 0.2) is 212 Å². The fourth-order valence-electron chi connectivity index (χ4n) is 8.75. The van der Waals surface area contributed by atoms with Crippen LogP contribution < -0.4 is 4.90 Å². The van der Waals surface area contributed by atoms with Crippen LogP contribution in [0.1, 0.15) is 26.3 Å². The van der Waals surface area contributed by atoms with E-state index in [0.717, 1.165) is 22.7 Å². The zero-order valence-electron chi connectivity index (χ0n) is 33.1. The summed E-state index contributed by atoms with van der Waals surface area (Å²) >= 11 is 0. The van der Waals surface area contributed by atoms with Gasteiger partial charge in [0.05, 0.1) is 22.4 Å². The molecule has 1 heterocycles. The molecule has 0 aliphatic carbocycles. The van der Waals surface area contributed by atoms with Crippen LogP contribution in [0.3, 0.4) is 0 Å². The summed E-state index contributed by atoms with van der Waals surface area (Å²) in [5, 5.41) is 4.95. The molecule has 0 unspecified atom stereocenters.